The number of rotatable bonds is 14. The standard InChI is InChI=1S/C25H37NO2/c1-4-6-7-8-9-10-13-18-27-25-19-26-17-16-23(25)22-14-11-12-15-24(22)28-20-21(3)5-2/h11-12,14-17,19,21H,4-10,13,18,20H2,1-3H3. The fraction of sp³-hybridized carbons (Fsp3) is 0.560. The first-order chi connectivity index (χ1) is 13.8. The van der Waals surface area contributed by atoms with Gasteiger partial charge in [0.05, 0.1) is 19.4 Å². The summed E-state index contributed by atoms with van der Waals surface area (Å²) in [5.74, 6) is 2.29. The lowest BCUT2D eigenvalue weighted by Crippen LogP contribution is -2.08. The van der Waals surface area contributed by atoms with Crippen LogP contribution in [0, 0.1) is 5.92 Å². The van der Waals surface area contributed by atoms with Gasteiger partial charge in [-0.3, -0.25) is 4.98 Å². The number of hydrogen-bond acceptors (Lipinski definition) is 3. The van der Waals surface area contributed by atoms with Crippen molar-refractivity contribution >= 4 is 0 Å². The summed E-state index contributed by atoms with van der Waals surface area (Å²) in [5, 5.41) is 0. The molecule has 1 heterocycles. The molecule has 0 aliphatic carbocycles. The minimum atomic E-state index is 0.540. The molecular formula is C25H37NO2. The Hall–Kier alpha value is -2.03. The van der Waals surface area contributed by atoms with Crippen LogP contribution in [0.2, 0.25) is 0 Å². The van der Waals surface area contributed by atoms with Crippen LogP contribution in [0.1, 0.15) is 72.1 Å². The van der Waals surface area contributed by atoms with Crippen molar-refractivity contribution in [1.82, 2.24) is 4.98 Å². The molecule has 0 bridgehead atoms. The van der Waals surface area contributed by atoms with Crippen LogP contribution in [-0.2, 0) is 0 Å². The van der Waals surface area contributed by atoms with Crippen LogP contribution < -0.4 is 9.47 Å². The SMILES string of the molecule is CCCCCCCCCOc1cnccc1-c1ccccc1OCC(C)CC. The molecule has 1 atom stereocenters. The Morgan fingerprint density at radius 1 is 0.821 bits per heavy atom. The molecule has 0 saturated carbocycles. The van der Waals surface area contributed by atoms with Crippen LogP contribution in [0.15, 0.2) is 42.7 Å². The van der Waals surface area contributed by atoms with Gasteiger partial charge in [-0.1, -0.05) is 83.9 Å². The molecule has 0 amide bonds. The summed E-state index contributed by atoms with van der Waals surface area (Å²) in [6, 6.07) is 10.2. The third kappa shape index (κ3) is 7.53. The van der Waals surface area contributed by atoms with E-state index >= 15 is 0 Å². The normalized spacial score (nSPS) is 12.0. The summed E-state index contributed by atoms with van der Waals surface area (Å²) in [7, 11) is 0. The second kappa shape index (κ2) is 13.2. The number of para-hydroxylation sites is 1. The molecule has 0 aliphatic heterocycles. The van der Waals surface area contributed by atoms with Gasteiger partial charge < -0.3 is 9.47 Å². The summed E-state index contributed by atoms with van der Waals surface area (Å²) < 4.78 is 12.2. The van der Waals surface area contributed by atoms with E-state index in [0.29, 0.717) is 5.92 Å². The Balaban J connectivity index is 1.94. The second-order valence-electron chi connectivity index (χ2n) is 7.66. The monoisotopic (exact) mass is 383 g/mol. The Labute approximate surface area is 171 Å². The lowest BCUT2D eigenvalue weighted by Gasteiger charge is -2.16. The molecule has 1 unspecified atom stereocenters. The Morgan fingerprint density at radius 2 is 1.54 bits per heavy atom. The summed E-state index contributed by atoms with van der Waals surface area (Å²) >= 11 is 0. The van der Waals surface area contributed by atoms with Crippen molar-refractivity contribution in [3.63, 3.8) is 0 Å². The van der Waals surface area contributed by atoms with Crippen LogP contribution in [0.3, 0.4) is 0 Å². The largest absolute Gasteiger partial charge is 0.493 e. The van der Waals surface area contributed by atoms with E-state index in [9.17, 15) is 0 Å². The van der Waals surface area contributed by atoms with Crippen LogP contribution in [0.25, 0.3) is 11.1 Å². The highest BCUT2D eigenvalue weighted by molar-refractivity contribution is 5.75. The van der Waals surface area contributed by atoms with Crippen molar-refractivity contribution < 1.29 is 9.47 Å². The average Bonchev–Trinajstić information content (AvgIpc) is 2.74. The summed E-state index contributed by atoms with van der Waals surface area (Å²) in [4.78, 5) is 4.27. The van der Waals surface area contributed by atoms with Crippen molar-refractivity contribution in [2.75, 3.05) is 13.2 Å². The van der Waals surface area contributed by atoms with Gasteiger partial charge in [0.15, 0.2) is 0 Å². The third-order valence-corrected chi connectivity index (χ3v) is 5.19. The Morgan fingerprint density at radius 3 is 2.32 bits per heavy atom. The van der Waals surface area contributed by atoms with E-state index in [1.807, 2.05) is 36.7 Å². The first kappa shape index (κ1) is 22.3. The molecule has 0 fully saturated rings. The van der Waals surface area contributed by atoms with Crippen molar-refractivity contribution in [3.05, 3.63) is 42.7 Å². The van der Waals surface area contributed by atoms with Gasteiger partial charge in [-0.05, 0) is 24.5 Å². The fourth-order valence-corrected chi connectivity index (χ4v) is 3.12. The zero-order chi connectivity index (χ0) is 20.0. The molecule has 0 spiro atoms. The van der Waals surface area contributed by atoms with Crippen molar-refractivity contribution in [3.8, 4) is 22.6 Å². The second-order valence-corrected chi connectivity index (χ2v) is 7.66. The molecule has 1 aromatic carbocycles. The van der Waals surface area contributed by atoms with Crippen molar-refractivity contribution in [2.45, 2.75) is 72.1 Å². The molecular weight excluding hydrogens is 346 g/mol. The highest BCUT2D eigenvalue weighted by atomic mass is 16.5. The first-order valence-electron chi connectivity index (χ1n) is 11.0. The van der Waals surface area contributed by atoms with Crippen LogP contribution >= 0.6 is 0 Å². The van der Waals surface area contributed by atoms with E-state index in [4.69, 9.17) is 9.47 Å². The number of benzene rings is 1. The molecule has 3 nitrogen and oxygen atoms in total. The van der Waals surface area contributed by atoms with Crippen LogP contribution in [0.5, 0.6) is 11.5 Å². The van der Waals surface area contributed by atoms with Gasteiger partial charge >= 0.3 is 0 Å². The van der Waals surface area contributed by atoms with E-state index in [-0.39, 0.29) is 0 Å². The number of ether oxygens (including phenoxy) is 2. The van der Waals surface area contributed by atoms with Crippen molar-refractivity contribution in [2.24, 2.45) is 5.92 Å². The molecule has 2 rings (SSSR count). The molecule has 0 radical (unpaired) electrons. The number of hydrogen-bond donors (Lipinski definition) is 0. The number of unbranched alkanes of at least 4 members (excludes halogenated alkanes) is 6. The van der Waals surface area contributed by atoms with Crippen LogP contribution in [0.4, 0.5) is 0 Å². The van der Waals surface area contributed by atoms with E-state index in [0.717, 1.165) is 48.7 Å². The predicted octanol–water partition coefficient (Wildman–Crippen LogP) is 7.30. The average molecular weight is 384 g/mol. The van der Waals surface area contributed by atoms with Gasteiger partial charge in [-0.2, -0.15) is 0 Å². The van der Waals surface area contributed by atoms with Crippen LogP contribution in [-0.4, -0.2) is 18.2 Å². The summed E-state index contributed by atoms with van der Waals surface area (Å²) in [6.07, 6.45) is 13.7. The quantitative estimate of drug-likeness (QED) is 0.321. The van der Waals surface area contributed by atoms with E-state index in [1.54, 1.807) is 0 Å². The molecule has 28 heavy (non-hydrogen) atoms. The molecule has 154 valence electrons. The van der Waals surface area contributed by atoms with E-state index in [1.165, 1.54) is 38.5 Å². The lowest BCUT2D eigenvalue weighted by atomic mass is 10.0. The molecule has 0 aliphatic rings. The van der Waals surface area contributed by atoms with Gasteiger partial charge in [-0.25, -0.2) is 0 Å². The Kier molecular flexibility index (Phi) is 10.5. The van der Waals surface area contributed by atoms with Gasteiger partial charge in [-0.15, -0.1) is 0 Å². The van der Waals surface area contributed by atoms with E-state index in [2.05, 4.69) is 31.8 Å². The highest BCUT2D eigenvalue weighted by Gasteiger charge is 2.12. The molecule has 3 heteroatoms. The zero-order valence-corrected chi connectivity index (χ0v) is 18.0. The smallest absolute Gasteiger partial charge is 0.145 e. The fourth-order valence-electron chi connectivity index (χ4n) is 3.12. The molecule has 2 aromatic rings. The number of pyridine rings is 1. The number of aromatic nitrogens is 1. The number of nitrogens with zero attached hydrogens (tertiary/aromatic N) is 1. The van der Waals surface area contributed by atoms with Crippen molar-refractivity contribution in [1.29, 1.82) is 0 Å². The minimum Gasteiger partial charge on any atom is -0.493 e. The minimum absolute atomic E-state index is 0.540. The topological polar surface area (TPSA) is 31.4 Å². The zero-order valence-electron chi connectivity index (χ0n) is 18.0. The third-order valence-electron chi connectivity index (χ3n) is 5.19. The Bertz CT molecular complexity index is 671. The lowest BCUT2D eigenvalue weighted by molar-refractivity contribution is 0.257. The maximum absolute atomic E-state index is 6.11. The van der Waals surface area contributed by atoms with Gasteiger partial charge in [0.25, 0.3) is 0 Å². The van der Waals surface area contributed by atoms with Gasteiger partial charge in [0.2, 0.25) is 0 Å². The van der Waals surface area contributed by atoms with Gasteiger partial charge in [0, 0.05) is 17.3 Å². The molecule has 0 saturated heterocycles. The van der Waals surface area contributed by atoms with E-state index < -0.39 is 0 Å². The molecule has 0 N–H and O–H groups in total. The maximum atomic E-state index is 6.11. The molecule has 1 aromatic heterocycles. The predicted molar refractivity (Wildman–Crippen MR) is 118 cm³/mol. The first-order valence-corrected chi connectivity index (χ1v) is 11.0. The van der Waals surface area contributed by atoms with Gasteiger partial charge in [0.1, 0.15) is 11.5 Å². The summed E-state index contributed by atoms with van der Waals surface area (Å²) in [6.45, 7) is 8.13. The maximum Gasteiger partial charge on any atom is 0.145 e. The summed E-state index contributed by atoms with van der Waals surface area (Å²) in [5.41, 5.74) is 2.13. The highest BCUT2D eigenvalue weighted by Crippen LogP contribution is 2.36.